The van der Waals surface area contributed by atoms with Crippen molar-refractivity contribution in [3.05, 3.63) is 0 Å². The topological polar surface area (TPSA) is 24.5 Å². The van der Waals surface area contributed by atoms with Crippen LogP contribution < -0.4 is 5.32 Å². The van der Waals surface area contributed by atoms with Crippen molar-refractivity contribution in [2.75, 3.05) is 39.9 Å². The fourth-order valence-electron chi connectivity index (χ4n) is 2.11. The maximum absolute atomic E-state index is 5.65. The first-order valence-electron chi connectivity index (χ1n) is 6.69. The molecule has 0 bridgehead atoms. The van der Waals surface area contributed by atoms with Gasteiger partial charge in [0.1, 0.15) is 0 Å². The lowest BCUT2D eigenvalue weighted by atomic mass is 10.1. The molecule has 0 saturated carbocycles. The third-order valence-electron chi connectivity index (χ3n) is 3.31. The van der Waals surface area contributed by atoms with Crippen molar-refractivity contribution in [3.63, 3.8) is 0 Å². The summed E-state index contributed by atoms with van der Waals surface area (Å²) in [6.45, 7) is 9.81. The molecule has 1 atom stereocenters. The minimum atomic E-state index is 0.685. The van der Waals surface area contributed by atoms with Gasteiger partial charge in [0.2, 0.25) is 0 Å². The normalized spacial score (nSPS) is 22.9. The summed E-state index contributed by atoms with van der Waals surface area (Å²) < 4.78 is 5.65. The van der Waals surface area contributed by atoms with E-state index in [1.54, 1.807) is 0 Å². The van der Waals surface area contributed by atoms with E-state index in [4.69, 9.17) is 4.74 Å². The molecule has 3 nitrogen and oxygen atoms in total. The van der Waals surface area contributed by atoms with E-state index in [9.17, 15) is 0 Å². The quantitative estimate of drug-likeness (QED) is 0.672. The maximum atomic E-state index is 5.65. The highest BCUT2D eigenvalue weighted by Gasteiger charge is 2.17. The summed E-state index contributed by atoms with van der Waals surface area (Å²) in [6.07, 6.45) is 3.82. The maximum Gasteiger partial charge on any atom is 0.0593 e. The molecule has 0 aromatic heterocycles. The molecular formula is C13H28N2O. The number of hydrogen-bond donors (Lipinski definition) is 1. The lowest BCUT2D eigenvalue weighted by Gasteiger charge is -2.32. The van der Waals surface area contributed by atoms with Crippen molar-refractivity contribution < 1.29 is 4.74 Å². The third-order valence-corrected chi connectivity index (χ3v) is 3.31. The largest absolute Gasteiger partial charge is 0.380 e. The Labute approximate surface area is 101 Å². The Balaban J connectivity index is 1.99. The van der Waals surface area contributed by atoms with Crippen LogP contribution in [0.5, 0.6) is 0 Å². The van der Waals surface area contributed by atoms with Crippen molar-refractivity contribution in [2.45, 2.75) is 39.2 Å². The molecule has 1 fully saturated rings. The Morgan fingerprint density at radius 2 is 2.19 bits per heavy atom. The SMILES string of the molecule is CNC1CCCN(CCOCCC(C)C)C1. The molecule has 0 amide bonds. The first-order valence-corrected chi connectivity index (χ1v) is 6.69. The predicted molar refractivity (Wildman–Crippen MR) is 68.8 cm³/mol. The Hall–Kier alpha value is -0.120. The Morgan fingerprint density at radius 3 is 2.88 bits per heavy atom. The molecule has 1 aliphatic heterocycles. The van der Waals surface area contributed by atoms with E-state index >= 15 is 0 Å². The van der Waals surface area contributed by atoms with Gasteiger partial charge in [-0.25, -0.2) is 0 Å². The number of piperidine rings is 1. The lowest BCUT2D eigenvalue weighted by molar-refractivity contribution is 0.0845. The Kier molecular flexibility index (Phi) is 7.01. The van der Waals surface area contributed by atoms with E-state index in [-0.39, 0.29) is 0 Å². The fourth-order valence-corrected chi connectivity index (χ4v) is 2.11. The standard InChI is InChI=1S/C13H28N2O/c1-12(2)6-9-16-10-8-15-7-4-5-13(11-15)14-3/h12-14H,4-11H2,1-3H3. The molecule has 1 saturated heterocycles. The van der Waals surface area contributed by atoms with E-state index in [0.717, 1.165) is 25.7 Å². The Morgan fingerprint density at radius 1 is 1.38 bits per heavy atom. The van der Waals surface area contributed by atoms with Gasteiger partial charge < -0.3 is 10.1 Å². The summed E-state index contributed by atoms with van der Waals surface area (Å²) in [7, 11) is 2.06. The van der Waals surface area contributed by atoms with Gasteiger partial charge in [0.05, 0.1) is 6.61 Å². The molecule has 0 aliphatic carbocycles. The minimum Gasteiger partial charge on any atom is -0.380 e. The van der Waals surface area contributed by atoms with Crippen LogP contribution in [-0.4, -0.2) is 50.8 Å². The summed E-state index contributed by atoms with van der Waals surface area (Å²) in [4.78, 5) is 2.51. The van der Waals surface area contributed by atoms with E-state index in [1.807, 2.05) is 0 Å². The van der Waals surface area contributed by atoms with Gasteiger partial charge in [-0.05, 0) is 38.8 Å². The van der Waals surface area contributed by atoms with Crippen LogP contribution in [0, 0.1) is 5.92 Å². The second-order valence-electron chi connectivity index (χ2n) is 5.22. The molecule has 1 aliphatic rings. The number of hydrogen-bond acceptors (Lipinski definition) is 3. The molecule has 0 aromatic rings. The van der Waals surface area contributed by atoms with Crippen molar-refractivity contribution in [3.8, 4) is 0 Å². The zero-order chi connectivity index (χ0) is 11.8. The zero-order valence-corrected chi connectivity index (χ0v) is 11.2. The number of nitrogens with zero attached hydrogens (tertiary/aromatic N) is 1. The van der Waals surface area contributed by atoms with Gasteiger partial charge in [-0.15, -0.1) is 0 Å². The molecule has 1 unspecified atom stereocenters. The molecule has 1 rings (SSSR count). The van der Waals surface area contributed by atoms with Crippen LogP contribution in [0.15, 0.2) is 0 Å². The van der Waals surface area contributed by atoms with Gasteiger partial charge in [0, 0.05) is 25.7 Å². The van der Waals surface area contributed by atoms with Crippen molar-refractivity contribution in [1.29, 1.82) is 0 Å². The first kappa shape index (κ1) is 13.9. The fraction of sp³-hybridized carbons (Fsp3) is 1.00. The van der Waals surface area contributed by atoms with E-state index < -0.39 is 0 Å². The highest BCUT2D eigenvalue weighted by Crippen LogP contribution is 2.09. The van der Waals surface area contributed by atoms with Crippen molar-refractivity contribution in [2.24, 2.45) is 5.92 Å². The van der Waals surface area contributed by atoms with Crippen LogP contribution in [-0.2, 0) is 4.74 Å². The van der Waals surface area contributed by atoms with Gasteiger partial charge in [0.25, 0.3) is 0 Å². The minimum absolute atomic E-state index is 0.685. The second-order valence-corrected chi connectivity index (χ2v) is 5.22. The molecule has 1 N–H and O–H groups in total. The number of ether oxygens (including phenoxy) is 1. The molecule has 0 spiro atoms. The summed E-state index contributed by atoms with van der Waals surface area (Å²) in [5, 5.41) is 3.37. The molecule has 3 heteroatoms. The summed E-state index contributed by atoms with van der Waals surface area (Å²) >= 11 is 0. The number of likely N-dealkylation sites (tertiary alicyclic amines) is 1. The summed E-state index contributed by atoms with van der Waals surface area (Å²) in [5.74, 6) is 0.753. The first-order chi connectivity index (χ1) is 7.72. The van der Waals surface area contributed by atoms with Gasteiger partial charge >= 0.3 is 0 Å². The van der Waals surface area contributed by atoms with Crippen LogP contribution in [0.3, 0.4) is 0 Å². The smallest absolute Gasteiger partial charge is 0.0593 e. The number of nitrogens with one attached hydrogen (secondary N) is 1. The molecule has 0 aromatic carbocycles. The van der Waals surface area contributed by atoms with Gasteiger partial charge in [0.15, 0.2) is 0 Å². The van der Waals surface area contributed by atoms with Crippen LogP contribution >= 0.6 is 0 Å². The number of rotatable bonds is 7. The number of likely N-dealkylation sites (N-methyl/N-ethyl adjacent to an activating group) is 1. The van der Waals surface area contributed by atoms with Crippen LogP contribution in [0.2, 0.25) is 0 Å². The van der Waals surface area contributed by atoms with Gasteiger partial charge in [-0.2, -0.15) is 0 Å². The zero-order valence-electron chi connectivity index (χ0n) is 11.2. The van der Waals surface area contributed by atoms with Crippen molar-refractivity contribution >= 4 is 0 Å². The average Bonchev–Trinajstić information content (AvgIpc) is 2.28. The summed E-state index contributed by atoms with van der Waals surface area (Å²) in [6, 6.07) is 0.685. The van der Waals surface area contributed by atoms with E-state index in [0.29, 0.717) is 6.04 Å². The second kappa shape index (κ2) is 8.04. The highest BCUT2D eigenvalue weighted by atomic mass is 16.5. The summed E-state index contributed by atoms with van der Waals surface area (Å²) in [5.41, 5.74) is 0. The van der Waals surface area contributed by atoms with Crippen molar-refractivity contribution in [1.82, 2.24) is 10.2 Å². The predicted octanol–water partition coefficient (Wildman–Crippen LogP) is 1.73. The molecule has 16 heavy (non-hydrogen) atoms. The van der Waals surface area contributed by atoms with Crippen LogP contribution in [0.4, 0.5) is 0 Å². The molecule has 1 heterocycles. The van der Waals surface area contributed by atoms with E-state index in [2.05, 4.69) is 31.1 Å². The van der Waals surface area contributed by atoms with Gasteiger partial charge in [-0.3, -0.25) is 4.90 Å². The average molecular weight is 228 g/mol. The molecular weight excluding hydrogens is 200 g/mol. The highest BCUT2D eigenvalue weighted by molar-refractivity contribution is 4.76. The molecule has 96 valence electrons. The van der Waals surface area contributed by atoms with Crippen LogP contribution in [0.1, 0.15) is 33.1 Å². The monoisotopic (exact) mass is 228 g/mol. The Bertz CT molecular complexity index is 173. The van der Waals surface area contributed by atoms with Gasteiger partial charge in [-0.1, -0.05) is 13.8 Å². The van der Waals surface area contributed by atoms with Crippen LogP contribution in [0.25, 0.3) is 0 Å². The lowest BCUT2D eigenvalue weighted by Crippen LogP contribution is -2.45. The molecule has 0 radical (unpaired) electrons. The van der Waals surface area contributed by atoms with E-state index in [1.165, 1.54) is 32.4 Å². The third kappa shape index (κ3) is 5.83.